The van der Waals surface area contributed by atoms with Crippen LogP contribution in [-0.4, -0.2) is 18.4 Å². The summed E-state index contributed by atoms with van der Waals surface area (Å²) in [6.45, 7) is -0.354. The number of hydrogen-bond acceptors (Lipinski definition) is 4. The van der Waals surface area contributed by atoms with Gasteiger partial charge in [-0.2, -0.15) is 0 Å². The fraction of sp³-hybridized carbons (Fsp3) is 0.0667. The minimum absolute atomic E-state index is 0.333. The van der Waals surface area contributed by atoms with Gasteiger partial charge in [-0.15, -0.1) is 0 Å². The van der Waals surface area contributed by atoms with Crippen LogP contribution in [0.5, 0.6) is 0 Å². The zero-order valence-corrected chi connectivity index (χ0v) is 11.3. The lowest BCUT2D eigenvalue weighted by atomic mass is 10.1. The maximum absolute atomic E-state index is 11.9. The number of halogens is 1. The van der Waals surface area contributed by atoms with E-state index in [1.54, 1.807) is 36.4 Å². The highest BCUT2D eigenvalue weighted by Gasteiger charge is 2.13. The zero-order chi connectivity index (χ0) is 14.5. The molecule has 5 heteroatoms. The predicted molar refractivity (Wildman–Crippen MR) is 76.9 cm³/mol. The quantitative estimate of drug-likeness (QED) is 0.534. The standard InChI is InChI=1S/C15H12ClNO3/c16-13-4-2-1-3-12(13)14(18)9-20-15(19)10-5-7-11(17)8-6-10/h1-8H,9,17H2. The van der Waals surface area contributed by atoms with Crippen molar-refractivity contribution in [1.29, 1.82) is 0 Å². The second-order valence-electron chi connectivity index (χ2n) is 4.10. The van der Waals surface area contributed by atoms with E-state index in [9.17, 15) is 9.59 Å². The van der Waals surface area contributed by atoms with Crippen molar-refractivity contribution in [1.82, 2.24) is 0 Å². The molecule has 2 N–H and O–H groups in total. The van der Waals surface area contributed by atoms with Gasteiger partial charge < -0.3 is 10.5 Å². The summed E-state index contributed by atoms with van der Waals surface area (Å²) in [5.41, 5.74) is 6.74. The van der Waals surface area contributed by atoms with E-state index in [4.69, 9.17) is 22.1 Å². The summed E-state index contributed by atoms with van der Waals surface area (Å²) in [5.74, 6) is -0.926. The van der Waals surface area contributed by atoms with E-state index in [0.29, 0.717) is 21.8 Å². The lowest BCUT2D eigenvalue weighted by molar-refractivity contribution is 0.0475. The molecule has 0 aliphatic heterocycles. The molecule has 20 heavy (non-hydrogen) atoms. The Morgan fingerprint density at radius 2 is 1.70 bits per heavy atom. The van der Waals surface area contributed by atoms with Crippen LogP contribution in [-0.2, 0) is 4.74 Å². The lowest BCUT2D eigenvalue weighted by Gasteiger charge is -2.05. The molecule has 0 aromatic heterocycles. The molecule has 0 fully saturated rings. The van der Waals surface area contributed by atoms with Crippen LogP contribution < -0.4 is 5.73 Å². The van der Waals surface area contributed by atoms with Gasteiger partial charge >= 0.3 is 5.97 Å². The summed E-state index contributed by atoms with van der Waals surface area (Å²) in [6.07, 6.45) is 0. The van der Waals surface area contributed by atoms with Crippen molar-refractivity contribution in [2.75, 3.05) is 12.3 Å². The summed E-state index contributed by atoms with van der Waals surface area (Å²) in [7, 11) is 0. The van der Waals surface area contributed by atoms with Gasteiger partial charge in [-0.1, -0.05) is 23.7 Å². The molecular weight excluding hydrogens is 278 g/mol. The summed E-state index contributed by atoms with van der Waals surface area (Å²) in [6, 6.07) is 12.9. The Morgan fingerprint density at radius 1 is 1.05 bits per heavy atom. The first kappa shape index (κ1) is 14.1. The van der Waals surface area contributed by atoms with E-state index < -0.39 is 5.97 Å². The van der Waals surface area contributed by atoms with Crippen molar-refractivity contribution < 1.29 is 14.3 Å². The first-order valence-electron chi connectivity index (χ1n) is 5.88. The highest BCUT2D eigenvalue weighted by molar-refractivity contribution is 6.34. The molecule has 0 aliphatic carbocycles. The molecule has 102 valence electrons. The maximum Gasteiger partial charge on any atom is 0.338 e. The van der Waals surface area contributed by atoms with Crippen molar-refractivity contribution in [2.24, 2.45) is 0 Å². The Hall–Kier alpha value is -2.33. The van der Waals surface area contributed by atoms with Crippen LogP contribution >= 0.6 is 11.6 Å². The first-order valence-corrected chi connectivity index (χ1v) is 6.26. The van der Waals surface area contributed by atoms with Crippen LogP contribution in [0.3, 0.4) is 0 Å². The van der Waals surface area contributed by atoms with Crippen molar-refractivity contribution in [2.45, 2.75) is 0 Å². The number of esters is 1. The van der Waals surface area contributed by atoms with Crippen LogP contribution in [0.2, 0.25) is 5.02 Å². The fourth-order valence-corrected chi connectivity index (χ4v) is 1.84. The molecule has 2 rings (SSSR count). The van der Waals surface area contributed by atoms with Gasteiger partial charge in [-0.05, 0) is 36.4 Å². The SMILES string of the molecule is Nc1ccc(C(=O)OCC(=O)c2ccccc2Cl)cc1. The Balaban J connectivity index is 1.99. The van der Waals surface area contributed by atoms with Crippen LogP contribution in [0.4, 0.5) is 5.69 Å². The highest BCUT2D eigenvalue weighted by Crippen LogP contribution is 2.16. The summed E-state index contributed by atoms with van der Waals surface area (Å²) in [5, 5.41) is 0.334. The molecule has 0 spiro atoms. The van der Waals surface area contributed by atoms with Crippen LogP contribution in [0.15, 0.2) is 48.5 Å². The molecule has 0 atom stereocenters. The van der Waals surface area contributed by atoms with Gasteiger partial charge in [-0.25, -0.2) is 4.79 Å². The Kier molecular flexibility index (Phi) is 4.38. The van der Waals surface area contributed by atoms with Gasteiger partial charge in [0.05, 0.1) is 10.6 Å². The fourth-order valence-electron chi connectivity index (χ4n) is 1.60. The largest absolute Gasteiger partial charge is 0.454 e. The maximum atomic E-state index is 11.9. The average molecular weight is 290 g/mol. The minimum Gasteiger partial charge on any atom is -0.454 e. The highest BCUT2D eigenvalue weighted by atomic mass is 35.5. The zero-order valence-electron chi connectivity index (χ0n) is 10.5. The molecule has 4 nitrogen and oxygen atoms in total. The van der Waals surface area contributed by atoms with Crippen molar-refractivity contribution in [3.8, 4) is 0 Å². The third-order valence-corrected chi connectivity index (χ3v) is 2.98. The monoisotopic (exact) mass is 289 g/mol. The van der Waals surface area contributed by atoms with E-state index in [1.807, 2.05) is 0 Å². The number of anilines is 1. The van der Waals surface area contributed by atoms with E-state index in [-0.39, 0.29) is 12.4 Å². The van der Waals surface area contributed by atoms with Gasteiger partial charge in [0.15, 0.2) is 6.61 Å². The van der Waals surface area contributed by atoms with Crippen molar-refractivity contribution in [3.05, 3.63) is 64.7 Å². The van der Waals surface area contributed by atoms with Gasteiger partial charge in [0.2, 0.25) is 5.78 Å². The number of nitrogen functional groups attached to an aromatic ring is 1. The molecule has 0 unspecified atom stereocenters. The summed E-state index contributed by atoms with van der Waals surface area (Å²) >= 11 is 5.89. The third kappa shape index (κ3) is 3.36. The van der Waals surface area contributed by atoms with E-state index in [1.165, 1.54) is 12.1 Å². The number of nitrogens with two attached hydrogens (primary N) is 1. The van der Waals surface area contributed by atoms with Gasteiger partial charge in [0.1, 0.15) is 0 Å². The van der Waals surface area contributed by atoms with E-state index in [0.717, 1.165) is 0 Å². The molecule has 0 saturated heterocycles. The Morgan fingerprint density at radius 3 is 2.35 bits per heavy atom. The molecule has 2 aromatic carbocycles. The first-order chi connectivity index (χ1) is 9.58. The predicted octanol–water partition coefficient (Wildman–Crippen LogP) is 2.96. The smallest absolute Gasteiger partial charge is 0.338 e. The normalized spacial score (nSPS) is 10.1. The van der Waals surface area contributed by atoms with Gasteiger partial charge in [0.25, 0.3) is 0 Å². The second-order valence-corrected chi connectivity index (χ2v) is 4.51. The Labute approximate surface area is 121 Å². The van der Waals surface area contributed by atoms with E-state index in [2.05, 4.69) is 0 Å². The second kappa shape index (κ2) is 6.21. The molecule has 0 saturated carbocycles. The molecule has 0 bridgehead atoms. The Bertz CT molecular complexity index is 638. The van der Waals surface area contributed by atoms with Crippen LogP contribution in [0, 0.1) is 0 Å². The molecule has 0 radical (unpaired) electrons. The summed E-state index contributed by atoms with van der Waals surface area (Å²) in [4.78, 5) is 23.6. The van der Waals surface area contributed by atoms with Crippen LogP contribution in [0.1, 0.15) is 20.7 Å². The number of benzene rings is 2. The number of hydrogen-bond donors (Lipinski definition) is 1. The number of rotatable bonds is 4. The number of carbonyl (C=O) groups is 2. The van der Waals surface area contributed by atoms with Crippen molar-refractivity contribution in [3.63, 3.8) is 0 Å². The molecule has 0 amide bonds. The molecule has 0 heterocycles. The number of ether oxygens (including phenoxy) is 1. The molecule has 0 aliphatic rings. The number of Topliss-reactive ketones (excluding diaryl/α,β-unsaturated/α-hetero) is 1. The average Bonchev–Trinajstić information content (AvgIpc) is 2.45. The number of carbonyl (C=O) groups excluding carboxylic acids is 2. The number of ketones is 1. The van der Waals surface area contributed by atoms with Crippen molar-refractivity contribution >= 4 is 29.0 Å². The minimum atomic E-state index is -0.578. The molecular formula is C15H12ClNO3. The summed E-state index contributed by atoms with van der Waals surface area (Å²) < 4.78 is 4.95. The van der Waals surface area contributed by atoms with Crippen LogP contribution in [0.25, 0.3) is 0 Å². The van der Waals surface area contributed by atoms with Gasteiger partial charge in [0, 0.05) is 11.3 Å². The topological polar surface area (TPSA) is 69.4 Å². The van der Waals surface area contributed by atoms with E-state index >= 15 is 0 Å². The third-order valence-electron chi connectivity index (χ3n) is 2.66. The van der Waals surface area contributed by atoms with Gasteiger partial charge in [-0.3, -0.25) is 4.79 Å². The molecule has 2 aromatic rings. The lowest BCUT2D eigenvalue weighted by Crippen LogP contribution is -2.14.